The van der Waals surface area contributed by atoms with Crippen molar-refractivity contribution >= 4 is 27.5 Å². The molecule has 45 heavy (non-hydrogen) atoms. The lowest BCUT2D eigenvalue weighted by Crippen LogP contribution is -2.53. The van der Waals surface area contributed by atoms with E-state index >= 15 is 0 Å². The number of rotatable bonds is 13. The highest BCUT2D eigenvalue weighted by Crippen LogP contribution is 2.27. The molecule has 0 radical (unpaired) electrons. The first-order chi connectivity index (χ1) is 21.4. The van der Waals surface area contributed by atoms with Crippen molar-refractivity contribution < 1.29 is 18.0 Å². The maximum Gasteiger partial charge on any atom is 0.264 e. The second kappa shape index (κ2) is 15.0. The van der Waals surface area contributed by atoms with Gasteiger partial charge in [0.05, 0.1) is 10.6 Å². The number of benzene rings is 4. The van der Waals surface area contributed by atoms with Crippen LogP contribution in [0, 0.1) is 26.7 Å². The standard InChI is InChI=1S/C37H43N3O4S/c1-27(2)24-38-37(42)35(23-31-14-8-6-9-15-31)39(25-32-16-12-13-28(3)20-32)36(41)26-40(33-21-29(4)19-30(5)22-33)45(43,44)34-17-10-7-11-18-34/h6-22,27,35H,23-26H2,1-5H3,(H,38,42)/t35-/m0/s1. The predicted molar refractivity (Wildman–Crippen MR) is 180 cm³/mol. The van der Waals surface area contributed by atoms with Crippen LogP contribution in [0.4, 0.5) is 5.69 Å². The summed E-state index contributed by atoms with van der Waals surface area (Å²) in [5, 5.41) is 3.03. The molecule has 1 atom stereocenters. The highest BCUT2D eigenvalue weighted by atomic mass is 32.2. The van der Waals surface area contributed by atoms with Crippen molar-refractivity contribution in [2.75, 3.05) is 17.4 Å². The molecule has 4 aromatic rings. The van der Waals surface area contributed by atoms with Crippen LogP contribution >= 0.6 is 0 Å². The minimum absolute atomic E-state index is 0.0812. The molecule has 1 N–H and O–H groups in total. The predicted octanol–water partition coefficient (Wildman–Crippen LogP) is 6.22. The Morgan fingerprint density at radius 2 is 1.33 bits per heavy atom. The van der Waals surface area contributed by atoms with Crippen molar-refractivity contribution in [1.29, 1.82) is 0 Å². The Bertz CT molecular complexity index is 1690. The van der Waals surface area contributed by atoms with Crippen molar-refractivity contribution in [3.63, 3.8) is 0 Å². The zero-order valence-electron chi connectivity index (χ0n) is 26.7. The van der Waals surface area contributed by atoms with E-state index < -0.39 is 28.5 Å². The summed E-state index contributed by atoms with van der Waals surface area (Å²) in [6, 6.07) is 30.1. The Morgan fingerprint density at radius 1 is 0.733 bits per heavy atom. The van der Waals surface area contributed by atoms with Crippen LogP contribution in [0.5, 0.6) is 0 Å². The molecule has 0 spiro atoms. The lowest BCUT2D eigenvalue weighted by molar-refractivity contribution is -0.140. The maximum atomic E-state index is 14.6. The van der Waals surface area contributed by atoms with Gasteiger partial charge in [-0.1, -0.05) is 98.3 Å². The van der Waals surface area contributed by atoms with Crippen LogP contribution in [0.2, 0.25) is 0 Å². The summed E-state index contributed by atoms with van der Waals surface area (Å²) >= 11 is 0. The second-order valence-corrected chi connectivity index (χ2v) is 13.9. The second-order valence-electron chi connectivity index (χ2n) is 12.0. The van der Waals surface area contributed by atoms with E-state index in [-0.39, 0.29) is 29.7 Å². The van der Waals surface area contributed by atoms with Crippen LogP contribution in [0.15, 0.2) is 108 Å². The van der Waals surface area contributed by atoms with Gasteiger partial charge in [-0.3, -0.25) is 13.9 Å². The van der Waals surface area contributed by atoms with Crippen LogP contribution in [0.1, 0.15) is 41.7 Å². The van der Waals surface area contributed by atoms with Crippen molar-refractivity contribution in [1.82, 2.24) is 10.2 Å². The molecular weight excluding hydrogens is 582 g/mol. The maximum absolute atomic E-state index is 14.6. The van der Waals surface area contributed by atoms with Gasteiger partial charge in [-0.25, -0.2) is 8.42 Å². The molecule has 0 aliphatic rings. The molecule has 236 valence electrons. The highest BCUT2D eigenvalue weighted by Gasteiger charge is 2.34. The van der Waals surface area contributed by atoms with Gasteiger partial charge in [0.15, 0.2) is 0 Å². The summed E-state index contributed by atoms with van der Waals surface area (Å²) in [6.07, 6.45) is 0.275. The van der Waals surface area contributed by atoms with Gasteiger partial charge in [-0.2, -0.15) is 0 Å². The first-order valence-electron chi connectivity index (χ1n) is 15.3. The molecule has 8 heteroatoms. The fourth-order valence-corrected chi connectivity index (χ4v) is 6.75. The van der Waals surface area contributed by atoms with Gasteiger partial charge in [0.2, 0.25) is 11.8 Å². The molecule has 0 saturated heterocycles. The van der Waals surface area contributed by atoms with E-state index in [1.807, 2.05) is 95.3 Å². The average Bonchev–Trinajstić information content (AvgIpc) is 3.00. The number of hydrogen-bond donors (Lipinski definition) is 1. The zero-order valence-corrected chi connectivity index (χ0v) is 27.6. The number of aryl methyl sites for hydroxylation is 3. The van der Waals surface area contributed by atoms with Gasteiger partial charge < -0.3 is 10.2 Å². The SMILES string of the molecule is Cc1cccc(CN(C(=O)CN(c2cc(C)cc(C)c2)S(=O)(=O)c2ccccc2)[C@@H](Cc2ccccc2)C(=O)NCC(C)C)c1. The minimum atomic E-state index is -4.14. The third kappa shape index (κ3) is 9.05. The van der Waals surface area contributed by atoms with Gasteiger partial charge in [0.1, 0.15) is 12.6 Å². The number of nitrogens with one attached hydrogen (secondary N) is 1. The van der Waals surface area contributed by atoms with E-state index in [1.54, 1.807) is 30.3 Å². The van der Waals surface area contributed by atoms with Crippen LogP contribution in [-0.2, 0) is 32.6 Å². The van der Waals surface area contributed by atoms with Crippen LogP contribution in [-0.4, -0.2) is 44.3 Å². The highest BCUT2D eigenvalue weighted by molar-refractivity contribution is 7.92. The largest absolute Gasteiger partial charge is 0.354 e. The Hall–Kier alpha value is -4.43. The van der Waals surface area contributed by atoms with E-state index in [0.717, 1.165) is 27.8 Å². The summed E-state index contributed by atoms with van der Waals surface area (Å²) in [7, 11) is -4.14. The Morgan fingerprint density at radius 3 is 1.93 bits per heavy atom. The van der Waals surface area contributed by atoms with Crippen molar-refractivity contribution in [2.45, 2.75) is 58.5 Å². The smallest absolute Gasteiger partial charge is 0.264 e. The number of carbonyl (C=O) groups excluding carboxylic acids is 2. The molecule has 0 aliphatic carbocycles. The molecule has 0 unspecified atom stereocenters. The van der Waals surface area contributed by atoms with Gasteiger partial charge >= 0.3 is 0 Å². The molecule has 4 rings (SSSR count). The number of carbonyl (C=O) groups is 2. The summed E-state index contributed by atoms with van der Waals surface area (Å²) < 4.78 is 29.5. The number of nitrogens with zero attached hydrogens (tertiary/aromatic N) is 2. The first kappa shape index (κ1) is 33.5. The van der Waals surface area contributed by atoms with Gasteiger partial charge in [-0.05, 0) is 73.2 Å². The molecule has 0 bridgehead atoms. The average molecular weight is 626 g/mol. The third-order valence-corrected chi connectivity index (χ3v) is 9.28. The van der Waals surface area contributed by atoms with Crippen molar-refractivity contribution in [3.8, 4) is 0 Å². The molecule has 4 aromatic carbocycles. The number of sulfonamides is 1. The fraction of sp³-hybridized carbons (Fsp3) is 0.297. The lowest BCUT2D eigenvalue weighted by atomic mass is 10.0. The van der Waals surface area contributed by atoms with Gasteiger partial charge in [-0.15, -0.1) is 0 Å². The first-order valence-corrected chi connectivity index (χ1v) is 16.7. The monoisotopic (exact) mass is 625 g/mol. The van der Waals surface area contributed by atoms with E-state index in [4.69, 9.17) is 0 Å². The van der Waals surface area contributed by atoms with Crippen LogP contribution < -0.4 is 9.62 Å². The quantitative estimate of drug-likeness (QED) is 0.191. The normalized spacial score (nSPS) is 12.0. The summed E-state index contributed by atoms with van der Waals surface area (Å²) in [4.78, 5) is 30.1. The Balaban J connectivity index is 1.82. The topological polar surface area (TPSA) is 86.8 Å². The van der Waals surface area contributed by atoms with E-state index in [0.29, 0.717) is 12.2 Å². The summed E-state index contributed by atoms with van der Waals surface area (Å²) in [5.74, 6) is -0.545. The molecule has 0 aliphatic heterocycles. The summed E-state index contributed by atoms with van der Waals surface area (Å²) in [6.45, 7) is 9.90. The van der Waals surface area contributed by atoms with E-state index in [9.17, 15) is 18.0 Å². The fourth-order valence-electron chi connectivity index (χ4n) is 5.33. The molecule has 7 nitrogen and oxygen atoms in total. The lowest BCUT2D eigenvalue weighted by Gasteiger charge is -2.34. The van der Waals surface area contributed by atoms with Crippen molar-refractivity contribution in [3.05, 3.63) is 131 Å². The minimum Gasteiger partial charge on any atom is -0.354 e. The zero-order chi connectivity index (χ0) is 32.6. The Kier molecular flexibility index (Phi) is 11.2. The van der Waals surface area contributed by atoms with Crippen molar-refractivity contribution in [2.24, 2.45) is 5.92 Å². The molecular formula is C37H43N3O4S. The number of anilines is 1. The molecule has 0 saturated carbocycles. The molecule has 2 amide bonds. The Labute approximate surface area is 268 Å². The number of hydrogen-bond acceptors (Lipinski definition) is 4. The third-order valence-electron chi connectivity index (χ3n) is 7.50. The van der Waals surface area contributed by atoms with E-state index in [2.05, 4.69) is 5.32 Å². The van der Waals surface area contributed by atoms with Crippen LogP contribution in [0.25, 0.3) is 0 Å². The number of amides is 2. The van der Waals surface area contributed by atoms with Gasteiger partial charge in [0.25, 0.3) is 10.0 Å². The molecule has 0 heterocycles. The van der Waals surface area contributed by atoms with Crippen LogP contribution in [0.3, 0.4) is 0 Å². The molecule has 0 fully saturated rings. The summed E-state index contributed by atoms with van der Waals surface area (Å²) in [5.41, 5.74) is 4.90. The molecule has 0 aromatic heterocycles. The van der Waals surface area contributed by atoms with Gasteiger partial charge in [0, 0.05) is 19.5 Å². The van der Waals surface area contributed by atoms with E-state index in [1.165, 1.54) is 21.3 Å².